The van der Waals surface area contributed by atoms with Crippen LogP contribution in [0.25, 0.3) is 11.3 Å². The zero-order valence-electron chi connectivity index (χ0n) is 12.2. The van der Waals surface area contributed by atoms with Crippen molar-refractivity contribution in [1.82, 2.24) is 9.78 Å². The Bertz CT molecular complexity index is 871. The van der Waals surface area contributed by atoms with E-state index < -0.39 is 0 Å². The molecule has 0 aliphatic heterocycles. The van der Waals surface area contributed by atoms with Crippen LogP contribution in [0.5, 0.6) is 0 Å². The molecule has 2 aromatic carbocycles. The van der Waals surface area contributed by atoms with Crippen molar-refractivity contribution in [1.29, 1.82) is 0 Å². The fraction of sp³-hybridized carbons (Fsp3) is 0.111. The summed E-state index contributed by atoms with van der Waals surface area (Å²) < 4.78 is 14.6. The first-order valence-corrected chi connectivity index (χ1v) is 7.02. The lowest BCUT2D eigenvalue weighted by Crippen LogP contribution is -2.23. The highest BCUT2D eigenvalue weighted by Crippen LogP contribution is 2.19. The van der Waals surface area contributed by atoms with E-state index in [1.807, 2.05) is 31.2 Å². The molecule has 3 nitrogen and oxygen atoms in total. The van der Waals surface area contributed by atoms with Gasteiger partial charge in [0, 0.05) is 11.6 Å². The minimum absolute atomic E-state index is 0.207. The number of aryl methyl sites for hydroxylation is 1. The van der Waals surface area contributed by atoms with Gasteiger partial charge in [0.15, 0.2) is 0 Å². The van der Waals surface area contributed by atoms with Gasteiger partial charge in [-0.05, 0) is 36.2 Å². The molecule has 0 atom stereocenters. The molecule has 110 valence electrons. The standard InChI is InChI=1S/C18H15FN2O/c1-13-5-2-3-8-16(13)17-9-10-18(22)21(20-17)12-14-6-4-7-15(19)11-14/h2-11H,12H2,1H3. The molecule has 3 aromatic rings. The molecule has 0 unspecified atom stereocenters. The second-order valence-corrected chi connectivity index (χ2v) is 5.16. The quantitative estimate of drug-likeness (QED) is 0.742. The van der Waals surface area contributed by atoms with Gasteiger partial charge in [0.2, 0.25) is 0 Å². The molecule has 4 heteroatoms. The molecule has 0 saturated carbocycles. The molecule has 1 heterocycles. The zero-order valence-corrected chi connectivity index (χ0v) is 12.2. The van der Waals surface area contributed by atoms with Crippen LogP contribution in [0.15, 0.2) is 65.5 Å². The molecule has 0 spiro atoms. The molecule has 0 aliphatic rings. The number of hydrogen-bond donors (Lipinski definition) is 0. The summed E-state index contributed by atoms with van der Waals surface area (Å²) in [6.07, 6.45) is 0. The second kappa shape index (κ2) is 5.93. The van der Waals surface area contributed by atoms with E-state index in [1.54, 1.807) is 18.2 Å². The Morgan fingerprint density at radius 2 is 1.86 bits per heavy atom. The van der Waals surface area contributed by atoms with Crippen LogP contribution in [-0.4, -0.2) is 9.78 Å². The monoisotopic (exact) mass is 294 g/mol. The average Bonchev–Trinajstić information content (AvgIpc) is 2.50. The van der Waals surface area contributed by atoms with Gasteiger partial charge < -0.3 is 0 Å². The zero-order chi connectivity index (χ0) is 15.5. The highest BCUT2D eigenvalue weighted by atomic mass is 19.1. The number of hydrogen-bond acceptors (Lipinski definition) is 2. The summed E-state index contributed by atoms with van der Waals surface area (Å²) in [5.74, 6) is -0.319. The van der Waals surface area contributed by atoms with Gasteiger partial charge >= 0.3 is 0 Å². The lowest BCUT2D eigenvalue weighted by Gasteiger charge is -2.09. The Hall–Kier alpha value is -2.75. The smallest absolute Gasteiger partial charge is 0.267 e. The summed E-state index contributed by atoms with van der Waals surface area (Å²) in [6, 6.07) is 17.3. The Kier molecular flexibility index (Phi) is 3.83. The van der Waals surface area contributed by atoms with E-state index in [2.05, 4.69) is 5.10 Å². The molecule has 1 aromatic heterocycles. The van der Waals surface area contributed by atoms with Crippen molar-refractivity contribution >= 4 is 0 Å². The second-order valence-electron chi connectivity index (χ2n) is 5.16. The van der Waals surface area contributed by atoms with Crippen LogP contribution in [0.3, 0.4) is 0 Å². The van der Waals surface area contributed by atoms with Gasteiger partial charge in [-0.3, -0.25) is 4.79 Å². The van der Waals surface area contributed by atoms with Crippen LogP contribution in [0, 0.1) is 12.7 Å². The van der Waals surface area contributed by atoms with Gasteiger partial charge in [0.25, 0.3) is 5.56 Å². The normalized spacial score (nSPS) is 10.6. The van der Waals surface area contributed by atoms with E-state index in [0.717, 1.165) is 16.8 Å². The largest absolute Gasteiger partial charge is 0.268 e. The predicted octanol–water partition coefficient (Wildman–Crippen LogP) is 3.41. The van der Waals surface area contributed by atoms with Gasteiger partial charge in [-0.2, -0.15) is 5.10 Å². The molecular weight excluding hydrogens is 279 g/mol. The van der Waals surface area contributed by atoms with Crippen molar-refractivity contribution in [3.8, 4) is 11.3 Å². The number of aromatic nitrogens is 2. The maximum atomic E-state index is 13.3. The van der Waals surface area contributed by atoms with Crippen molar-refractivity contribution in [2.75, 3.05) is 0 Å². The third-order valence-corrected chi connectivity index (χ3v) is 3.51. The van der Waals surface area contributed by atoms with E-state index in [0.29, 0.717) is 5.56 Å². The van der Waals surface area contributed by atoms with Crippen LogP contribution in [0.1, 0.15) is 11.1 Å². The van der Waals surface area contributed by atoms with E-state index >= 15 is 0 Å². The molecular formula is C18H15FN2O. The summed E-state index contributed by atoms with van der Waals surface area (Å²) in [6.45, 7) is 2.25. The van der Waals surface area contributed by atoms with Crippen LogP contribution in [0.4, 0.5) is 4.39 Å². The molecule has 0 amide bonds. The molecule has 0 aliphatic carbocycles. The van der Waals surface area contributed by atoms with Crippen molar-refractivity contribution in [2.24, 2.45) is 0 Å². The molecule has 22 heavy (non-hydrogen) atoms. The fourth-order valence-electron chi connectivity index (χ4n) is 2.37. The first-order chi connectivity index (χ1) is 10.6. The first kappa shape index (κ1) is 14.2. The lowest BCUT2D eigenvalue weighted by atomic mass is 10.1. The maximum Gasteiger partial charge on any atom is 0.267 e. The molecule has 0 radical (unpaired) electrons. The predicted molar refractivity (Wildman–Crippen MR) is 84.2 cm³/mol. The first-order valence-electron chi connectivity index (χ1n) is 7.02. The minimum Gasteiger partial charge on any atom is -0.268 e. The number of halogens is 1. The number of benzene rings is 2. The molecule has 0 saturated heterocycles. The van der Waals surface area contributed by atoms with Crippen molar-refractivity contribution in [3.63, 3.8) is 0 Å². The Labute approximate surface area is 127 Å². The summed E-state index contributed by atoms with van der Waals surface area (Å²) in [4.78, 5) is 12.0. The Morgan fingerprint density at radius 1 is 1.05 bits per heavy atom. The van der Waals surface area contributed by atoms with Crippen molar-refractivity contribution in [3.05, 3.63) is 88.0 Å². The van der Waals surface area contributed by atoms with Gasteiger partial charge in [0.1, 0.15) is 5.82 Å². The molecule has 0 fully saturated rings. The van der Waals surface area contributed by atoms with Gasteiger partial charge in [0.05, 0.1) is 12.2 Å². The topological polar surface area (TPSA) is 34.9 Å². The third-order valence-electron chi connectivity index (χ3n) is 3.51. The van der Waals surface area contributed by atoms with Gasteiger partial charge in [-0.25, -0.2) is 9.07 Å². The minimum atomic E-state index is -0.319. The summed E-state index contributed by atoms with van der Waals surface area (Å²) >= 11 is 0. The third kappa shape index (κ3) is 2.96. The van der Waals surface area contributed by atoms with E-state index in [4.69, 9.17) is 0 Å². The summed E-state index contributed by atoms with van der Waals surface area (Å²) in [5.41, 5.74) is 3.30. The molecule has 0 bridgehead atoms. The summed E-state index contributed by atoms with van der Waals surface area (Å²) in [5, 5.41) is 4.41. The van der Waals surface area contributed by atoms with E-state index in [9.17, 15) is 9.18 Å². The lowest BCUT2D eigenvalue weighted by molar-refractivity contribution is 0.612. The van der Waals surface area contributed by atoms with E-state index in [1.165, 1.54) is 22.9 Å². The SMILES string of the molecule is Cc1ccccc1-c1ccc(=O)n(Cc2cccc(F)c2)n1. The van der Waals surface area contributed by atoms with Gasteiger partial charge in [-0.15, -0.1) is 0 Å². The van der Waals surface area contributed by atoms with Crippen molar-refractivity contribution in [2.45, 2.75) is 13.5 Å². The van der Waals surface area contributed by atoms with Crippen LogP contribution >= 0.6 is 0 Å². The van der Waals surface area contributed by atoms with Crippen molar-refractivity contribution < 1.29 is 4.39 Å². The number of nitrogens with zero attached hydrogens (tertiary/aromatic N) is 2. The van der Waals surface area contributed by atoms with Crippen LogP contribution in [0.2, 0.25) is 0 Å². The molecule has 0 N–H and O–H groups in total. The molecule has 3 rings (SSSR count). The Balaban J connectivity index is 2.01. The maximum absolute atomic E-state index is 13.3. The van der Waals surface area contributed by atoms with Crippen LogP contribution in [-0.2, 0) is 6.54 Å². The van der Waals surface area contributed by atoms with Gasteiger partial charge in [-0.1, -0.05) is 36.4 Å². The average molecular weight is 294 g/mol. The summed E-state index contributed by atoms with van der Waals surface area (Å²) in [7, 11) is 0. The number of rotatable bonds is 3. The van der Waals surface area contributed by atoms with Crippen LogP contribution < -0.4 is 5.56 Å². The highest BCUT2D eigenvalue weighted by molar-refractivity contribution is 5.62. The van der Waals surface area contributed by atoms with E-state index in [-0.39, 0.29) is 17.9 Å². The Morgan fingerprint density at radius 3 is 2.64 bits per heavy atom. The fourth-order valence-corrected chi connectivity index (χ4v) is 2.37. The highest BCUT2D eigenvalue weighted by Gasteiger charge is 2.06.